The molecule has 14 heavy (non-hydrogen) atoms. The average molecular weight is 196 g/mol. The van der Waals surface area contributed by atoms with Crippen LogP contribution in [0.15, 0.2) is 24.3 Å². The maximum Gasteiger partial charge on any atom is 0.126 e. The van der Waals surface area contributed by atoms with E-state index >= 15 is 0 Å². The molecular formula is C11H13FO2. The number of rotatable bonds is 4. The zero-order valence-corrected chi connectivity index (χ0v) is 7.87. The molecular weight excluding hydrogens is 183 g/mol. The Bertz CT molecular complexity index is 321. The van der Waals surface area contributed by atoms with Gasteiger partial charge in [0.15, 0.2) is 0 Å². The zero-order valence-electron chi connectivity index (χ0n) is 7.87. The van der Waals surface area contributed by atoms with Gasteiger partial charge in [-0.05, 0) is 25.0 Å². The Kier molecular flexibility index (Phi) is 2.42. The number of hydrogen-bond donors (Lipinski definition) is 1. The summed E-state index contributed by atoms with van der Waals surface area (Å²) in [5, 5.41) is 9.51. The topological polar surface area (TPSA) is 29.5 Å². The Hall–Kier alpha value is -1.09. The molecule has 1 fully saturated rings. The van der Waals surface area contributed by atoms with Crippen LogP contribution in [0, 0.1) is 5.82 Å². The zero-order chi connectivity index (χ0) is 10.0. The van der Waals surface area contributed by atoms with Gasteiger partial charge in [0.25, 0.3) is 0 Å². The van der Waals surface area contributed by atoms with Crippen LogP contribution in [0.1, 0.15) is 19.3 Å². The van der Waals surface area contributed by atoms with Crippen molar-refractivity contribution >= 4 is 0 Å². The largest absolute Gasteiger partial charge is 0.493 e. The van der Waals surface area contributed by atoms with Gasteiger partial charge in [-0.15, -0.1) is 0 Å². The molecule has 2 nitrogen and oxygen atoms in total. The normalized spacial score (nSPS) is 17.9. The summed E-state index contributed by atoms with van der Waals surface area (Å²) < 4.78 is 18.0. The third-order valence-corrected chi connectivity index (χ3v) is 2.46. The lowest BCUT2D eigenvalue weighted by atomic mass is 10.2. The first-order valence-corrected chi connectivity index (χ1v) is 4.79. The van der Waals surface area contributed by atoms with Crippen LogP contribution in [0.2, 0.25) is 0 Å². The van der Waals surface area contributed by atoms with Crippen molar-refractivity contribution in [1.82, 2.24) is 0 Å². The van der Waals surface area contributed by atoms with E-state index in [-0.39, 0.29) is 5.82 Å². The summed E-state index contributed by atoms with van der Waals surface area (Å²) in [7, 11) is 0. The van der Waals surface area contributed by atoms with Gasteiger partial charge in [-0.2, -0.15) is 0 Å². The minimum absolute atomic E-state index is 0.298. The molecule has 1 aromatic rings. The molecule has 0 heterocycles. The molecule has 1 N–H and O–H groups in total. The van der Waals surface area contributed by atoms with Gasteiger partial charge in [-0.3, -0.25) is 0 Å². The highest BCUT2D eigenvalue weighted by molar-refractivity contribution is 5.22. The molecule has 3 heteroatoms. The second-order valence-electron chi connectivity index (χ2n) is 3.78. The van der Waals surface area contributed by atoms with Gasteiger partial charge in [0, 0.05) is 12.5 Å². The summed E-state index contributed by atoms with van der Waals surface area (Å²) in [6.45, 7) is 0.444. The first kappa shape index (κ1) is 9.46. The van der Waals surface area contributed by atoms with Crippen LogP contribution in [-0.4, -0.2) is 17.3 Å². The molecule has 0 saturated heterocycles. The minimum atomic E-state index is -0.493. The lowest BCUT2D eigenvalue weighted by Crippen LogP contribution is -2.12. The second-order valence-corrected chi connectivity index (χ2v) is 3.78. The molecule has 2 rings (SSSR count). The predicted octanol–water partition coefficient (Wildman–Crippen LogP) is 2.12. The van der Waals surface area contributed by atoms with E-state index in [2.05, 4.69) is 0 Å². The highest BCUT2D eigenvalue weighted by Gasteiger charge is 2.39. The third kappa shape index (κ3) is 2.45. The summed E-state index contributed by atoms with van der Waals surface area (Å²) in [5.74, 6) is 0.224. The molecule has 1 aromatic carbocycles. The fraction of sp³-hybridized carbons (Fsp3) is 0.455. The van der Waals surface area contributed by atoms with Crippen molar-refractivity contribution in [1.29, 1.82) is 0 Å². The molecule has 1 saturated carbocycles. The van der Waals surface area contributed by atoms with E-state index in [0.29, 0.717) is 18.8 Å². The van der Waals surface area contributed by atoms with Gasteiger partial charge in [0.2, 0.25) is 0 Å². The van der Waals surface area contributed by atoms with E-state index in [1.165, 1.54) is 12.1 Å². The van der Waals surface area contributed by atoms with E-state index in [4.69, 9.17) is 4.74 Å². The maximum atomic E-state index is 12.7. The van der Waals surface area contributed by atoms with Crippen LogP contribution in [0.5, 0.6) is 5.75 Å². The first-order valence-electron chi connectivity index (χ1n) is 4.79. The minimum Gasteiger partial charge on any atom is -0.493 e. The van der Waals surface area contributed by atoms with Gasteiger partial charge < -0.3 is 9.84 Å². The van der Waals surface area contributed by atoms with Crippen LogP contribution in [0.4, 0.5) is 4.39 Å². The van der Waals surface area contributed by atoms with Gasteiger partial charge in [-0.1, -0.05) is 6.07 Å². The molecule has 76 valence electrons. The van der Waals surface area contributed by atoms with E-state index in [1.54, 1.807) is 12.1 Å². The number of aliphatic hydroxyl groups is 1. The molecule has 0 amide bonds. The van der Waals surface area contributed by atoms with Gasteiger partial charge >= 0.3 is 0 Å². The van der Waals surface area contributed by atoms with Crippen LogP contribution < -0.4 is 4.74 Å². The Morgan fingerprint density at radius 1 is 1.43 bits per heavy atom. The smallest absolute Gasteiger partial charge is 0.126 e. The van der Waals surface area contributed by atoms with Crippen molar-refractivity contribution in [3.63, 3.8) is 0 Å². The number of benzene rings is 1. The molecule has 0 aliphatic heterocycles. The lowest BCUT2D eigenvalue weighted by molar-refractivity contribution is 0.117. The van der Waals surface area contributed by atoms with Crippen LogP contribution in [0.3, 0.4) is 0 Å². The van der Waals surface area contributed by atoms with Crippen molar-refractivity contribution in [2.75, 3.05) is 6.61 Å². The van der Waals surface area contributed by atoms with E-state index in [0.717, 1.165) is 12.8 Å². The number of ether oxygens (including phenoxy) is 1. The molecule has 0 atom stereocenters. The van der Waals surface area contributed by atoms with Crippen LogP contribution in [-0.2, 0) is 0 Å². The molecule has 0 unspecified atom stereocenters. The Labute approximate surface area is 82.3 Å². The monoisotopic (exact) mass is 196 g/mol. The number of halogens is 1. The van der Waals surface area contributed by atoms with Gasteiger partial charge in [0.1, 0.15) is 11.6 Å². The van der Waals surface area contributed by atoms with Crippen molar-refractivity contribution in [3.8, 4) is 5.75 Å². The standard InChI is InChI=1S/C11H13FO2/c12-9-2-1-3-10(8-9)14-7-6-11(13)4-5-11/h1-3,8,13H,4-7H2. The van der Waals surface area contributed by atoms with Crippen molar-refractivity contribution in [2.24, 2.45) is 0 Å². The van der Waals surface area contributed by atoms with E-state index in [1.807, 2.05) is 0 Å². The van der Waals surface area contributed by atoms with Gasteiger partial charge in [-0.25, -0.2) is 4.39 Å². The fourth-order valence-electron chi connectivity index (χ4n) is 1.31. The van der Waals surface area contributed by atoms with Crippen molar-refractivity contribution in [3.05, 3.63) is 30.1 Å². The highest BCUT2D eigenvalue weighted by Crippen LogP contribution is 2.38. The Morgan fingerprint density at radius 2 is 2.21 bits per heavy atom. The predicted molar refractivity (Wildman–Crippen MR) is 50.7 cm³/mol. The first-order chi connectivity index (χ1) is 6.68. The number of hydrogen-bond acceptors (Lipinski definition) is 2. The molecule has 0 bridgehead atoms. The lowest BCUT2D eigenvalue weighted by Gasteiger charge is -2.09. The molecule has 1 aliphatic carbocycles. The van der Waals surface area contributed by atoms with Crippen LogP contribution in [0.25, 0.3) is 0 Å². The van der Waals surface area contributed by atoms with Gasteiger partial charge in [0.05, 0.1) is 12.2 Å². The third-order valence-electron chi connectivity index (χ3n) is 2.46. The summed E-state index contributed by atoms with van der Waals surface area (Å²) in [6, 6.07) is 6.04. The van der Waals surface area contributed by atoms with Crippen LogP contribution >= 0.6 is 0 Å². The second kappa shape index (κ2) is 3.58. The Balaban J connectivity index is 1.80. The summed E-state index contributed by atoms with van der Waals surface area (Å²) >= 11 is 0. The summed E-state index contributed by atoms with van der Waals surface area (Å²) in [5.41, 5.74) is -0.493. The Morgan fingerprint density at radius 3 is 2.86 bits per heavy atom. The SMILES string of the molecule is OC1(CCOc2cccc(F)c2)CC1. The molecule has 0 radical (unpaired) electrons. The van der Waals surface area contributed by atoms with Crippen molar-refractivity contribution in [2.45, 2.75) is 24.9 Å². The highest BCUT2D eigenvalue weighted by atomic mass is 19.1. The van der Waals surface area contributed by atoms with Crippen molar-refractivity contribution < 1.29 is 14.2 Å². The summed E-state index contributed by atoms with van der Waals surface area (Å²) in [4.78, 5) is 0. The quantitative estimate of drug-likeness (QED) is 0.799. The van der Waals surface area contributed by atoms with E-state index < -0.39 is 5.60 Å². The summed E-state index contributed by atoms with van der Waals surface area (Å²) in [6.07, 6.45) is 2.35. The molecule has 1 aliphatic rings. The average Bonchev–Trinajstić information content (AvgIpc) is 2.84. The maximum absolute atomic E-state index is 12.7. The molecule has 0 spiro atoms. The molecule has 0 aromatic heterocycles. The fourth-order valence-corrected chi connectivity index (χ4v) is 1.31. The van der Waals surface area contributed by atoms with E-state index in [9.17, 15) is 9.50 Å².